The summed E-state index contributed by atoms with van der Waals surface area (Å²) in [5.74, 6) is -0.782. The first-order valence-corrected chi connectivity index (χ1v) is 14.7. The molecule has 3 fully saturated rings. The summed E-state index contributed by atoms with van der Waals surface area (Å²) in [6, 6.07) is 9.66. The van der Waals surface area contributed by atoms with Crippen LogP contribution in [0.4, 0.5) is 30.7 Å². The number of rotatable bonds is 5. The van der Waals surface area contributed by atoms with Crippen LogP contribution >= 0.6 is 0 Å². The number of alkyl halides is 7. The lowest BCUT2D eigenvalue weighted by Gasteiger charge is -2.49. The second kappa shape index (κ2) is 11.4. The molecule has 2 saturated heterocycles. The van der Waals surface area contributed by atoms with Crippen LogP contribution in [-0.4, -0.2) is 49.3 Å². The van der Waals surface area contributed by atoms with Crippen molar-refractivity contribution < 1.29 is 40.3 Å². The summed E-state index contributed by atoms with van der Waals surface area (Å²) in [7, 11) is 0. The minimum Gasteiger partial charge on any atom is -0.381 e. The molecule has 11 heteroatoms. The maximum absolute atomic E-state index is 16.2. The number of amides is 1. The first-order valence-electron chi connectivity index (χ1n) is 14.7. The number of halogens is 7. The van der Waals surface area contributed by atoms with Gasteiger partial charge >= 0.3 is 12.4 Å². The molecule has 5 rings (SSSR count). The smallest absolute Gasteiger partial charge is 0.381 e. The highest BCUT2D eigenvalue weighted by Gasteiger charge is 2.49. The fourth-order valence-corrected chi connectivity index (χ4v) is 6.96. The van der Waals surface area contributed by atoms with E-state index >= 15 is 4.39 Å². The maximum Gasteiger partial charge on any atom is 0.416 e. The minimum absolute atomic E-state index is 0.0417. The number of hydrogen-bond donors (Lipinski definition) is 1. The molecule has 0 unspecified atom stereocenters. The Morgan fingerprint density at radius 2 is 1.47 bits per heavy atom. The van der Waals surface area contributed by atoms with Gasteiger partial charge in [0, 0.05) is 19.1 Å². The van der Waals surface area contributed by atoms with Crippen LogP contribution in [0, 0.1) is 5.41 Å². The first kappa shape index (κ1) is 31.8. The third kappa shape index (κ3) is 6.43. The molecule has 2 aliphatic heterocycles. The predicted molar refractivity (Wildman–Crippen MR) is 147 cm³/mol. The van der Waals surface area contributed by atoms with Crippen LogP contribution in [0.15, 0.2) is 48.5 Å². The molecule has 3 aliphatic rings. The zero-order valence-corrected chi connectivity index (χ0v) is 24.3. The van der Waals surface area contributed by atoms with Crippen molar-refractivity contribution >= 4 is 5.91 Å². The number of nitrogens with zero attached hydrogens (tertiary/aromatic N) is 1. The second-order valence-electron chi connectivity index (χ2n) is 13.0. The normalized spacial score (nSPS) is 26.9. The van der Waals surface area contributed by atoms with E-state index in [1.54, 1.807) is 30.3 Å². The van der Waals surface area contributed by atoms with Crippen molar-refractivity contribution in [2.45, 2.75) is 87.9 Å². The zero-order chi connectivity index (χ0) is 31.3. The van der Waals surface area contributed by atoms with E-state index in [0.29, 0.717) is 30.5 Å². The van der Waals surface area contributed by atoms with Crippen molar-refractivity contribution in [3.05, 3.63) is 70.8 Å². The van der Waals surface area contributed by atoms with Crippen LogP contribution in [-0.2, 0) is 32.8 Å². The Bertz CT molecular complexity index is 1260. The summed E-state index contributed by atoms with van der Waals surface area (Å²) < 4.78 is 103. The highest BCUT2D eigenvalue weighted by Crippen LogP contribution is 2.45. The largest absolute Gasteiger partial charge is 0.416 e. The Kier molecular flexibility index (Phi) is 8.39. The van der Waals surface area contributed by atoms with Gasteiger partial charge < -0.3 is 10.1 Å². The number of carbonyl (C=O) groups is 1. The monoisotopic (exact) mass is 614 g/mol. The second-order valence-corrected chi connectivity index (χ2v) is 13.0. The Balaban J connectivity index is 1.40. The van der Waals surface area contributed by atoms with E-state index in [2.05, 4.69) is 10.2 Å². The number of benzene rings is 2. The van der Waals surface area contributed by atoms with Gasteiger partial charge in [-0.25, -0.2) is 4.39 Å². The molecule has 2 aromatic carbocycles. The Morgan fingerprint density at radius 1 is 0.884 bits per heavy atom. The van der Waals surface area contributed by atoms with Crippen LogP contribution in [0.5, 0.6) is 0 Å². The highest BCUT2D eigenvalue weighted by molar-refractivity contribution is 5.88. The summed E-state index contributed by atoms with van der Waals surface area (Å²) in [6.07, 6.45) is -7.79. The summed E-state index contributed by atoms with van der Waals surface area (Å²) in [4.78, 5) is 16.0. The summed E-state index contributed by atoms with van der Waals surface area (Å²) in [5.41, 5.74) is -5.59. The lowest BCUT2D eigenvalue weighted by molar-refractivity contribution is -0.143. The van der Waals surface area contributed by atoms with Gasteiger partial charge in [0.25, 0.3) is 0 Å². The van der Waals surface area contributed by atoms with Crippen molar-refractivity contribution in [3.8, 4) is 0 Å². The number of hydrogen-bond acceptors (Lipinski definition) is 3. The van der Waals surface area contributed by atoms with E-state index in [0.717, 1.165) is 45.6 Å². The van der Waals surface area contributed by atoms with E-state index in [-0.39, 0.29) is 23.9 Å². The van der Waals surface area contributed by atoms with Crippen LogP contribution in [0.3, 0.4) is 0 Å². The molecule has 236 valence electrons. The van der Waals surface area contributed by atoms with Crippen molar-refractivity contribution in [2.24, 2.45) is 5.41 Å². The Morgan fingerprint density at radius 3 is 1.98 bits per heavy atom. The number of likely N-dealkylation sites (tertiary alicyclic amines) is 1. The topological polar surface area (TPSA) is 41.6 Å². The molecule has 3 atom stereocenters. The van der Waals surface area contributed by atoms with Gasteiger partial charge in [0.2, 0.25) is 5.91 Å². The molecule has 2 aromatic rings. The third-order valence-corrected chi connectivity index (χ3v) is 9.90. The molecule has 1 spiro atoms. The first-order chi connectivity index (χ1) is 20.0. The van der Waals surface area contributed by atoms with Crippen molar-refractivity contribution in [2.75, 3.05) is 26.3 Å². The van der Waals surface area contributed by atoms with Gasteiger partial charge in [0.05, 0.1) is 28.7 Å². The average Bonchev–Trinajstić information content (AvgIpc) is 3.41. The molecular weight excluding hydrogens is 577 g/mol. The lowest BCUT2D eigenvalue weighted by atomic mass is 9.71. The number of nitrogens with one attached hydrogen (secondary N) is 1. The third-order valence-electron chi connectivity index (χ3n) is 9.90. The van der Waals surface area contributed by atoms with E-state index in [4.69, 9.17) is 4.74 Å². The van der Waals surface area contributed by atoms with Gasteiger partial charge in [-0.1, -0.05) is 30.3 Å². The Hall–Kier alpha value is -2.66. The van der Waals surface area contributed by atoms with E-state index < -0.39 is 52.1 Å². The summed E-state index contributed by atoms with van der Waals surface area (Å²) in [5, 5.41) is 2.92. The molecule has 1 N–H and O–H groups in total. The van der Waals surface area contributed by atoms with Gasteiger partial charge in [0.1, 0.15) is 6.17 Å². The molecule has 4 nitrogen and oxygen atoms in total. The molecule has 0 radical (unpaired) electrons. The quantitative estimate of drug-likeness (QED) is 0.357. The van der Waals surface area contributed by atoms with Gasteiger partial charge in [-0.15, -0.1) is 0 Å². The van der Waals surface area contributed by atoms with Gasteiger partial charge in [-0.3, -0.25) is 9.69 Å². The van der Waals surface area contributed by atoms with Crippen LogP contribution in [0.1, 0.15) is 74.6 Å². The van der Waals surface area contributed by atoms with Crippen LogP contribution in [0.25, 0.3) is 0 Å². The molecular formula is C32H37F7N2O2. The molecule has 0 bridgehead atoms. The van der Waals surface area contributed by atoms with Crippen LogP contribution < -0.4 is 5.32 Å². The number of piperidine rings is 1. The van der Waals surface area contributed by atoms with E-state index in [1.807, 2.05) is 0 Å². The van der Waals surface area contributed by atoms with Gasteiger partial charge in [0.15, 0.2) is 0 Å². The molecule has 1 saturated carbocycles. The fraction of sp³-hybridized carbons (Fsp3) is 0.594. The van der Waals surface area contributed by atoms with Crippen molar-refractivity contribution in [1.29, 1.82) is 0 Å². The van der Waals surface area contributed by atoms with Crippen molar-refractivity contribution in [3.63, 3.8) is 0 Å². The fourth-order valence-electron chi connectivity index (χ4n) is 6.96. The molecule has 43 heavy (non-hydrogen) atoms. The van der Waals surface area contributed by atoms with E-state index in [1.165, 1.54) is 13.8 Å². The number of ether oxygens (including phenoxy) is 1. The summed E-state index contributed by atoms with van der Waals surface area (Å²) >= 11 is 0. The molecule has 0 aromatic heterocycles. The summed E-state index contributed by atoms with van der Waals surface area (Å²) in [6.45, 7) is 5.56. The maximum atomic E-state index is 16.2. The highest BCUT2D eigenvalue weighted by atomic mass is 19.4. The number of carbonyl (C=O) groups excluding carboxylic acids is 1. The zero-order valence-electron chi connectivity index (χ0n) is 24.3. The van der Waals surface area contributed by atoms with Gasteiger partial charge in [-0.05, 0) is 93.8 Å². The predicted octanol–water partition coefficient (Wildman–Crippen LogP) is 7.41. The minimum atomic E-state index is -5.05. The molecule has 2 heterocycles. The molecule has 1 aliphatic carbocycles. The van der Waals surface area contributed by atoms with Crippen molar-refractivity contribution in [1.82, 2.24) is 10.2 Å². The molecule has 1 amide bonds. The Labute approximate surface area is 247 Å². The van der Waals surface area contributed by atoms with Gasteiger partial charge in [-0.2, -0.15) is 26.3 Å². The SMILES string of the molecule is CC(C)(C(=O)N[C@]1(c2ccccc2)CC[C@@H](N2CCC3(CCOC3)CC2)[C@@H](F)C1)c1cc(C(F)(F)F)cc(C(F)(F)F)c1. The van der Waals surface area contributed by atoms with Crippen LogP contribution in [0.2, 0.25) is 0 Å². The standard InChI is InChI=1S/C32H37F7N2O2/c1-28(2,22-16-23(31(34,35)36)18-24(17-22)32(37,38)39)27(42)40-30(21-6-4-3-5-7-21)9-8-26(25(33)19-30)41-13-10-29(11-14-41)12-15-43-20-29/h3-7,16-18,25-26H,8-15,19-20H2,1-2H3,(H,40,42)/t25-,26+,30+/m0/s1. The average molecular weight is 615 g/mol. The van der Waals surface area contributed by atoms with E-state index in [9.17, 15) is 31.1 Å². The lowest BCUT2D eigenvalue weighted by Crippen LogP contribution is -2.59.